The highest BCUT2D eigenvalue weighted by molar-refractivity contribution is 6.30. The molecule has 0 aliphatic rings. The second kappa shape index (κ2) is 6.20. The number of aromatic nitrogens is 2. The predicted molar refractivity (Wildman–Crippen MR) is 88.3 cm³/mol. The van der Waals surface area contributed by atoms with E-state index in [1.54, 1.807) is 6.07 Å². The molecule has 0 fully saturated rings. The summed E-state index contributed by atoms with van der Waals surface area (Å²) in [7, 11) is 0. The van der Waals surface area contributed by atoms with E-state index < -0.39 is 0 Å². The molecule has 0 bridgehead atoms. The quantitative estimate of drug-likeness (QED) is 0.774. The SMILES string of the molecule is Cc1nc2c(C(=O)NCCc3cccc(Cl)c3)cccc2[nH]1. The molecule has 2 aromatic carbocycles. The van der Waals surface area contributed by atoms with E-state index in [0.717, 1.165) is 23.3 Å². The lowest BCUT2D eigenvalue weighted by molar-refractivity contribution is 0.0955. The van der Waals surface area contributed by atoms with E-state index >= 15 is 0 Å². The van der Waals surface area contributed by atoms with Gasteiger partial charge in [-0.2, -0.15) is 0 Å². The van der Waals surface area contributed by atoms with Crippen LogP contribution in [-0.4, -0.2) is 22.4 Å². The van der Waals surface area contributed by atoms with Crippen molar-refractivity contribution >= 4 is 28.5 Å². The molecule has 0 spiro atoms. The van der Waals surface area contributed by atoms with Gasteiger partial charge in [0.25, 0.3) is 5.91 Å². The number of carbonyl (C=O) groups excluding carboxylic acids is 1. The van der Waals surface area contributed by atoms with Gasteiger partial charge in [-0.15, -0.1) is 0 Å². The number of carbonyl (C=O) groups is 1. The van der Waals surface area contributed by atoms with E-state index in [0.29, 0.717) is 22.6 Å². The number of nitrogens with zero attached hydrogens (tertiary/aromatic N) is 1. The third kappa shape index (κ3) is 3.12. The van der Waals surface area contributed by atoms with Crippen LogP contribution >= 0.6 is 11.6 Å². The number of imidazole rings is 1. The van der Waals surface area contributed by atoms with E-state index in [1.807, 2.05) is 43.3 Å². The molecule has 112 valence electrons. The van der Waals surface area contributed by atoms with Gasteiger partial charge in [0.1, 0.15) is 11.3 Å². The standard InChI is InChI=1S/C17H16ClN3O/c1-11-20-15-7-3-6-14(16(15)21-11)17(22)19-9-8-12-4-2-5-13(18)10-12/h2-7,10H,8-9H2,1H3,(H,19,22)(H,20,21). The Bertz CT molecular complexity index is 826. The zero-order valence-electron chi connectivity index (χ0n) is 12.2. The number of para-hydroxylation sites is 1. The summed E-state index contributed by atoms with van der Waals surface area (Å²) in [5.41, 5.74) is 3.27. The normalized spacial score (nSPS) is 10.8. The molecule has 1 heterocycles. The number of H-pyrrole nitrogens is 1. The van der Waals surface area contributed by atoms with Gasteiger partial charge in [-0.05, 0) is 43.2 Å². The van der Waals surface area contributed by atoms with Gasteiger partial charge < -0.3 is 10.3 Å². The zero-order chi connectivity index (χ0) is 15.5. The number of benzene rings is 2. The van der Waals surface area contributed by atoms with Gasteiger partial charge in [0.2, 0.25) is 0 Å². The Labute approximate surface area is 133 Å². The molecule has 3 aromatic rings. The summed E-state index contributed by atoms with van der Waals surface area (Å²) in [5.74, 6) is 0.688. The summed E-state index contributed by atoms with van der Waals surface area (Å²) in [4.78, 5) is 19.8. The lowest BCUT2D eigenvalue weighted by Gasteiger charge is -2.06. The number of rotatable bonds is 4. The van der Waals surface area contributed by atoms with Crippen molar-refractivity contribution in [1.29, 1.82) is 0 Å². The number of aromatic amines is 1. The fourth-order valence-corrected chi connectivity index (χ4v) is 2.66. The van der Waals surface area contributed by atoms with E-state index in [4.69, 9.17) is 11.6 Å². The van der Waals surface area contributed by atoms with Crippen LogP contribution in [0.15, 0.2) is 42.5 Å². The first-order valence-electron chi connectivity index (χ1n) is 7.11. The van der Waals surface area contributed by atoms with Crippen LogP contribution in [0, 0.1) is 6.92 Å². The van der Waals surface area contributed by atoms with Crippen molar-refractivity contribution in [1.82, 2.24) is 15.3 Å². The van der Waals surface area contributed by atoms with Crippen LogP contribution in [0.2, 0.25) is 5.02 Å². The molecule has 5 heteroatoms. The van der Waals surface area contributed by atoms with Gasteiger partial charge in [-0.1, -0.05) is 29.8 Å². The molecule has 0 aliphatic heterocycles. The van der Waals surface area contributed by atoms with E-state index in [9.17, 15) is 4.79 Å². The maximum Gasteiger partial charge on any atom is 0.253 e. The first-order valence-corrected chi connectivity index (χ1v) is 7.49. The summed E-state index contributed by atoms with van der Waals surface area (Å²) in [6, 6.07) is 13.2. The average Bonchev–Trinajstić information content (AvgIpc) is 2.87. The first-order chi connectivity index (χ1) is 10.6. The predicted octanol–water partition coefficient (Wildman–Crippen LogP) is 3.50. The zero-order valence-corrected chi connectivity index (χ0v) is 12.9. The van der Waals surface area contributed by atoms with Crippen LogP contribution < -0.4 is 5.32 Å². The monoisotopic (exact) mass is 313 g/mol. The summed E-state index contributed by atoms with van der Waals surface area (Å²) in [6.45, 7) is 2.43. The number of nitrogens with one attached hydrogen (secondary N) is 2. The molecule has 0 saturated carbocycles. The maximum atomic E-state index is 12.3. The van der Waals surface area contributed by atoms with Crippen LogP contribution in [0.4, 0.5) is 0 Å². The van der Waals surface area contributed by atoms with Gasteiger partial charge in [-0.25, -0.2) is 4.98 Å². The second-order valence-electron chi connectivity index (χ2n) is 5.16. The van der Waals surface area contributed by atoms with Crippen molar-refractivity contribution in [3.8, 4) is 0 Å². The minimum absolute atomic E-state index is 0.112. The Morgan fingerprint density at radius 3 is 2.91 bits per heavy atom. The van der Waals surface area contributed by atoms with Crippen molar-refractivity contribution in [2.24, 2.45) is 0 Å². The molecule has 0 radical (unpaired) electrons. The van der Waals surface area contributed by atoms with Crippen molar-refractivity contribution in [3.05, 3.63) is 64.4 Å². The van der Waals surface area contributed by atoms with E-state index in [-0.39, 0.29) is 5.91 Å². The Hall–Kier alpha value is -2.33. The number of halogens is 1. The molecule has 3 rings (SSSR count). The van der Waals surface area contributed by atoms with Crippen molar-refractivity contribution < 1.29 is 4.79 Å². The highest BCUT2D eigenvalue weighted by Gasteiger charge is 2.12. The van der Waals surface area contributed by atoms with E-state index in [1.165, 1.54) is 0 Å². The Balaban J connectivity index is 1.69. The van der Waals surface area contributed by atoms with Gasteiger partial charge in [0.15, 0.2) is 0 Å². The van der Waals surface area contributed by atoms with Crippen molar-refractivity contribution in [2.75, 3.05) is 6.54 Å². The van der Waals surface area contributed by atoms with Crippen molar-refractivity contribution in [2.45, 2.75) is 13.3 Å². The topological polar surface area (TPSA) is 57.8 Å². The summed E-state index contributed by atoms with van der Waals surface area (Å²) >= 11 is 5.95. The third-order valence-corrected chi connectivity index (χ3v) is 3.70. The minimum Gasteiger partial charge on any atom is -0.352 e. The Morgan fingerprint density at radius 2 is 2.09 bits per heavy atom. The molecular weight excluding hydrogens is 298 g/mol. The second-order valence-corrected chi connectivity index (χ2v) is 5.60. The fraction of sp³-hybridized carbons (Fsp3) is 0.176. The molecule has 4 nitrogen and oxygen atoms in total. The Kier molecular flexibility index (Phi) is 4.11. The van der Waals surface area contributed by atoms with Gasteiger partial charge in [-0.3, -0.25) is 4.79 Å². The number of hydrogen-bond donors (Lipinski definition) is 2. The van der Waals surface area contributed by atoms with Crippen LogP contribution in [0.3, 0.4) is 0 Å². The molecule has 0 atom stereocenters. The average molecular weight is 314 g/mol. The summed E-state index contributed by atoms with van der Waals surface area (Å²) in [6.07, 6.45) is 0.738. The third-order valence-electron chi connectivity index (χ3n) is 3.46. The molecule has 1 amide bonds. The molecular formula is C17H16ClN3O. The number of amides is 1. The molecule has 1 aromatic heterocycles. The largest absolute Gasteiger partial charge is 0.352 e. The van der Waals surface area contributed by atoms with Gasteiger partial charge >= 0.3 is 0 Å². The molecule has 22 heavy (non-hydrogen) atoms. The van der Waals surface area contributed by atoms with Crippen LogP contribution in [0.25, 0.3) is 11.0 Å². The lowest BCUT2D eigenvalue weighted by Crippen LogP contribution is -2.25. The molecule has 0 aliphatic carbocycles. The van der Waals surface area contributed by atoms with Gasteiger partial charge in [0, 0.05) is 11.6 Å². The van der Waals surface area contributed by atoms with Gasteiger partial charge in [0.05, 0.1) is 11.1 Å². The molecule has 2 N–H and O–H groups in total. The fourth-order valence-electron chi connectivity index (χ4n) is 2.45. The van der Waals surface area contributed by atoms with Crippen LogP contribution in [-0.2, 0) is 6.42 Å². The summed E-state index contributed by atoms with van der Waals surface area (Å²) in [5, 5.41) is 3.64. The highest BCUT2D eigenvalue weighted by Crippen LogP contribution is 2.16. The minimum atomic E-state index is -0.112. The first kappa shape index (κ1) is 14.6. The van der Waals surface area contributed by atoms with Crippen LogP contribution in [0.5, 0.6) is 0 Å². The Morgan fingerprint density at radius 1 is 1.27 bits per heavy atom. The maximum absolute atomic E-state index is 12.3. The smallest absolute Gasteiger partial charge is 0.253 e. The highest BCUT2D eigenvalue weighted by atomic mass is 35.5. The lowest BCUT2D eigenvalue weighted by atomic mass is 10.1. The van der Waals surface area contributed by atoms with Crippen molar-refractivity contribution in [3.63, 3.8) is 0 Å². The molecule has 0 unspecified atom stereocenters. The van der Waals surface area contributed by atoms with Crippen LogP contribution in [0.1, 0.15) is 21.7 Å². The number of hydrogen-bond acceptors (Lipinski definition) is 2. The molecule has 0 saturated heterocycles. The number of aryl methyl sites for hydroxylation is 1. The number of fused-ring (bicyclic) bond motifs is 1. The van der Waals surface area contributed by atoms with E-state index in [2.05, 4.69) is 15.3 Å². The summed E-state index contributed by atoms with van der Waals surface area (Å²) < 4.78 is 0.